The molecule has 2 rings (SSSR count). The van der Waals surface area contributed by atoms with Crippen LogP contribution in [0, 0.1) is 5.82 Å². The summed E-state index contributed by atoms with van der Waals surface area (Å²) >= 11 is 0. The van der Waals surface area contributed by atoms with Gasteiger partial charge in [-0.25, -0.2) is 4.39 Å². The van der Waals surface area contributed by atoms with Gasteiger partial charge >= 0.3 is 0 Å². The number of aromatic nitrogens is 3. The number of rotatable bonds is 4. The van der Waals surface area contributed by atoms with E-state index in [1.54, 1.807) is 18.5 Å². The fourth-order valence-corrected chi connectivity index (χ4v) is 1.65. The third kappa shape index (κ3) is 2.68. The molecule has 4 nitrogen and oxygen atoms in total. The molecule has 2 aromatic rings. The number of aryl methyl sites for hydroxylation is 1. The quantitative estimate of drug-likeness (QED) is 0.877. The zero-order chi connectivity index (χ0) is 12.3. The van der Waals surface area contributed by atoms with Crippen molar-refractivity contribution in [2.45, 2.75) is 19.5 Å². The Labute approximate surface area is 99.5 Å². The maximum absolute atomic E-state index is 13.5. The van der Waals surface area contributed by atoms with Crippen LogP contribution in [0.2, 0.25) is 0 Å². The van der Waals surface area contributed by atoms with Crippen molar-refractivity contribution < 1.29 is 4.39 Å². The Hall–Kier alpha value is -1.75. The molecule has 1 atom stereocenters. The molecule has 1 aromatic carbocycles. The number of hydrogen-bond acceptors (Lipinski definition) is 3. The Bertz CT molecular complexity index is 495. The highest BCUT2D eigenvalue weighted by Gasteiger charge is 2.10. The summed E-state index contributed by atoms with van der Waals surface area (Å²) in [6, 6.07) is 6.71. The van der Waals surface area contributed by atoms with Crippen LogP contribution in [-0.2, 0) is 13.6 Å². The smallest absolute Gasteiger partial charge is 0.146 e. The van der Waals surface area contributed by atoms with Gasteiger partial charge in [-0.3, -0.25) is 0 Å². The molecule has 0 aliphatic carbocycles. The molecule has 0 saturated heterocycles. The second-order valence-electron chi connectivity index (χ2n) is 3.98. The van der Waals surface area contributed by atoms with Crippen molar-refractivity contribution in [2.24, 2.45) is 7.05 Å². The molecule has 0 fully saturated rings. The summed E-state index contributed by atoms with van der Waals surface area (Å²) in [5.74, 6) is 0.638. The van der Waals surface area contributed by atoms with E-state index < -0.39 is 0 Å². The topological polar surface area (TPSA) is 42.7 Å². The Morgan fingerprint density at radius 3 is 2.82 bits per heavy atom. The molecular formula is C12H15FN4. The van der Waals surface area contributed by atoms with Crippen LogP contribution in [0.1, 0.15) is 24.4 Å². The van der Waals surface area contributed by atoms with Crippen LogP contribution in [0.15, 0.2) is 30.6 Å². The van der Waals surface area contributed by atoms with Gasteiger partial charge in [-0.05, 0) is 13.0 Å². The SMILES string of the molecule is C[C@@H](NCc1nncn1C)c1ccccc1F. The molecule has 0 radical (unpaired) electrons. The number of nitrogens with one attached hydrogen (secondary N) is 1. The first-order valence-electron chi connectivity index (χ1n) is 5.49. The van der Waals surface area contributed by atoms with Gasteiger partial charge in [0.1, 0.15) is 18.0 Å². The Morgan fingerprint density at radius 2 is 2.18 bits per heavy atom. The minimum atomic E-state index is -0.189. The summed E-state index contributed by atoms with van der Waals surface area (Å²) < 4.78 is 15.3. The van der Waals surface area contributed by atoms with Crippen molar-refractivity contribution in [3.05, 3.63) is 47.8 Å². The Kier molecular flexibility index (Phi) is 3.49. The lowest BCUT2D eigenvalue weighted by atomic mass is 10.1. The number of nitrogens with zero attached hydrogens (tertiary/aromatic N) is 3. The van der Waals surface area contributed by atoms with Crippen molar-refractivity contribution in [1.82, 2.24) is 20.1 Å². The highest BCUT2D eigenvalue weighted by atomic mass is 19.1. The molecule has 90 valence electrons. The van der Waals surface area contributed by atoms with Gasteiger partial charge < -0.3 is 9.88 Å². The summed E-state index contributed by atoms with van der Waals surface area (Å²) in [7, 11) is 1.88. The van der Waals surface area contributed by atoms with Crippen LogP contribution in [-0.4, -0.2) is 14.8 Å². The highest BCUT2D eigenvalue weighted by molar-refractivity contribution is 5.20. The molecule has 1 N–H and O–H groups in total. The van der Waals surface area contributed by atoms with E-state index in [2.05, 4.69) is 15.5 Å². The summed E-state index contributed by atoms with van der Waals surface area (Å²) in [6.45, 7) is 2.49. The highest BCUT2D eigenvalue weighted by Crippen LogP contribution is 2.16. The first-order valence-corrected chi connectivity index (χ1v) is 5.49. The fraction of sp³-hybridized carbons (Fsp3) is 0.333. The summed E-state index contributed by atoms with van der Waals surface area (Å²) in [6.07, 6.45) is 1.64. The fourth-order valence-electron chi connectivity index (χ4n) is 1.65. The molecule has 0 bridgehead atoms. The third-order valence-corrected chi connectivity index (χ3v) is 2.74. The van der Waals surface area contributed by atoms with Crippen molar-refractivity contribution >= 4 is 0 Å². The van der Waals surface area contributed by atoms with Gasteiger partial charge in [0, 0.05) is 18.7 Å². The van der Waals surface area contributed by atoms with E-state index in [9.17, 15) is 4.39 Å². The van der Waals surface area contributed by atoms with Crippen molar-refractivity contribution in [3.63, 3.8) is 0 Å². The van der Waals surface area contributed by atoms with Gasteiger partial charge in [-0.15, -0.1) is 10.2 Å². The molecule has 17 heavy (non-hydrogen) atoms. The molecule has 1 heterocycles. The predicted octanol–water partition coefficient (Wildman–Crippen LogP) is 1.80. The largest absolute Gasteiger partial charge is 0.320 e. The average molecular weight is 234 g/mol. The van der Waals surface area contributed by atoms with E-state index in [-0.39, 0.29) is 11.9 Å². The van der Waals surface area contributed by atoms with Gasteiger partial charge in [0.25, 0.3) is 0 Å². The van der Waals surface area contributed by atoms with Gasteiger partial charge in [-0.1, -0.05) is 18.2 Å². The van der Waals surface area contributed by atoms with Crippen LogP contribution in [0.4, 0.5) is 4.39 Å². The second kappa shape index (κ2) is 5.05. The van der Waals surface area contributed by atoms with E-state index in [0.29, 0.717) is 12.1 Å². The van der Waals surface area contributed by atoms with Crippen LogP contribution < -0.4 is 5.32 Å². The average Bonchev–Trinajstić information content (AvgIpc) is 2.72. The zero-order valence-electron chi connectivity index (χ0n) is 9.89. The van der Waals surface area contributed by atoms with E-state index in [0.717, 1.165) is 5.82 Å². The third-order valence-electron chi connectivity index (χ3n) is 2.74. The first-order chi connectivity index (χ1) is 8.18. The van der Waals surface area contributed by atoms with Crippen LogP contribution >= 0.6 is 0 Å². The van der Waals surface area contributed by atoms with E-state index in [4.69, 9.17) is 0 Å². The maximum Gasteiger partial charge on any atom is 0.146 e. The first kappa shape index (κ1) is 11.7. The van der Waals surface area contributed by atoms with Crippen LogP contribution in [0.3, 0.4) is 0 Å². The number of hydrogen-bond donors (Lipinski definition) is 1. The van der Waals surface area contributed by atoms with Gasteiger partial charge in [0.2, 0.25) is 0 Å². The van der Waals surface area contributed by atoms with Crippen LogP contribution in [0.5, 0.6) is 0 Å². The standard InChI is InChI=1S/C12H15FN4/c1-9(10-5-3-4-6-11(10)13)14-7-12-16-15-8-17(12)2/h3-6,8-9,14H,7H2,1-2H3/t9-/m1/s1. The molecule has 1 aromatic heterocycles. The molecule has 0 spiro atoms. The Morgan fingerprint density at radius 1 is 1.41 bits per heavy atom. The molecule has 5 heteroatoms. The molecule has 0 amide bonds. The van der Waals surface area contributed by atoms with Gasteiger partial charge in [-0.2, -0.15) is 0 Å². The molecular weight excluding hydrogens is 219 g/mol. The predicted molar refractivity (Wildman–Crippen MR) is 62.7 cm³/mol. The summed E-state index contributed by atoms with van der Waals surface area (Å²) in [5, 5.41) is 11.0. The minimum Gasteiger partial charge on any atom is -0.320 e. The molecule has 0 unspecified atom stereocenters. The van der Waals surface area contributed by atoms with Crippen molar-refractivity contribution in [3.8, 4) is 0 Å². The summed E-state index contributed by atoms with van der Waals surface area (Å²) in [4.78, 5) is 0. The lowest BCUT2D eigenvalue weighted by Crippen LogP contribution is -2.21. The molecule has 0 saturated carbocycles. The normalized spacial score (nSPS) is 12.6. The number of halogens is 1. The van der Waals surface area contributed by atoms with Crippen molar-refractivity contribution in [1.29, 1.82) is 0 Å². The summed E-state index contributed by atoms with van der Waals surface area (Å²) in [5.41, 5.74) is 0.662. The molecule has 0 aliphatic rings. The van der Waals surface area contributed by atoms with E-state index in [1.807, 2.05) is 24.6 Å². The second-order valence-corrected chi connectivity index (χ2v) is 3.98. The molecule has 0 aliphatic heterocycles. The zero-order valence-corrected chi connectivity index (χ0v) is 9.89. The maximum atomic E-state index is 13.5. The lowest BCUT2D eigenvalue weighted by molar-refractivity contribution is 0.514. The van der Waals surface area contributed by atoms with Crippen LogP contribution in [0.25, 0.3) is 0 Å². The lowest BCUT2D eigenvalue weighted by Gasteiger charge is -2.14. The van der Waals surface area contributed by atoms with E-state index in [1.165, 1.54) is 6.07 Å². The van der Waals surface area contributed by atoms with Gasteiger partial charge in [0.15, 0.2) is 0 Å². The minimum absolute atomic E-state index is 0.0621. The van der Waals surface area contributed by atoms with Gasteiger partial charge in [0.05, 0.1) is 6.54 Å². The van der Waals surface area contributed by atoms with Crippen molar-refractivity contribution in [2.75, 3.05) is 0 Å². The number of benzene rings is 1. The Balaban J connectivity index is 2.01. The monoisotopic (exact) mass is 234 g/mol. The van der Waals surface area contributed by atoms with E-state index >= 15 is 0 Å².